The number of aromatic amines is 1. The van der Waals surface area contributed by atoms with Gasteiger partial charge in [0.15, 0.2) is 5.78 Å². The lowest BCUT2D eigenvalue weighted by atomic mass is 10.1. The van der Waals surface area contributed by atoms with Crippen LogP contribution < -0.4 is 10.1 Å². The Labute approximate surface area is 158 Å². The third-order valence-electron chi connectivity index (χ3n) is 4.36. The van der Waals surface area contributed by atoms with Crippen LogP contribution in [0.15, 0.2) is 24.3 Å². The maximum Gasteiger partial charge on any atom is 0.271 e. The van der Waals surface area contributed by atoms with Crippen LogP contribution in [-0.4, -0.2) is 47.7 Å². The van der Waals surface area contributed by atoms with Crippen LogP contribution in [0.4, 0.5) is 5.69 Å². The van der Waals surface area contributed by atoms with Crippen LogP contribution in [0.5, 0.6) is 5.75 Å². The molecule has 0 spiro atoms. The first-order valence-corrected chi connectivity index (χ1v) is 8.71. The van der Waals surface area contributed by atoms with Gasteiger partial charge < -0.3 is 19.9 Å². The molecule has 0 fully saturated rings. The first kappa shape index (κ1) is 20.2. The van der Waals surface area contributed by atoms with Crippen molar-refractivity contribution >= 4 is 23.3 Å². The van der Waals surface area contributed by atoms with E-state index >= 15 is 0 Å². The van der Waals surface area contributed by atoms with Crippen LogP contribution in [-0.2, 0) is 4.79 Å². The molecule has 2 N–H and O–H groups in total. The number of rotatable bonds is 7. The number of nitrogens with one attached hydrogen (secondary N) is 2. The molecule has 0 saturated heterocycles. The van der Waals surface area contributed by atoms with E-state index in [0.29, 0.717) is 40.5 Å². The molecule has 144 valence electrons. The highest BCUT2D eigenvalue weighted by atomic mass is 16.5. The normalized spacial score (nSPS) is 10.4. The van der Waals surface area contributed by atoms with Crippen molar-refractivity contribution in [2.45, 2.75) is 27.7 Å². The molecule has 0 aliphatic carbocycles. The third-order valence-corrected chi connectivity index (χ3v) is 4.36. The summed E-state index contributed by atoms with van der Waals surface area (Å²) in [4.78, 5) is 41.4. The molecule has 2 aromatic rings. The Balaban J connectivity index is 2.14. The minimum atomic E-state index is -0.314. The number of ether oxygens (including phenoxy) is 1. The van der Waals surface area contributed by atoms with Crippen molar-refractivity contribution in [2.24, 2.45) is 0 Å². The van der Waals surface area contributed by atoms with Crippen molar-refractivity contribution in [3.8, 4) is 5.75 Å². The van der Waals surface area contributed by atoms with Crippen LogP contribution in [0.1, 0.15) is 46.0 Å². The predicted molar refractivity (Wildman–Crippen MR) is 103 cm³/mol. The predicted octanol–water partition coefficient (Wildman–Crippen LogP) is 2.94. The van der Waals surface area contributed by atoms with Crippen LogP contribution in [0.3, 0.4) is 0 Å². The van der Waals surface area contributed by atoms with E-state index in [4.69, 9.17) is 4.74 Å². The highest BCUT2D eigenvalue weighted by Crippen LogP contribution is 2.20. The molecule has 0 bridgehead atoms. The molecule has 0 saturated carbocycles. The summed E-state index contributed by atoms with van der Waals surface area (Å²) in [5.74, 6) is -0.0952. The monoisotopic (exact) mass is 371 g/mol. The van der Waals surface area contributed by atoms with E-state index in [1.54, 1.807) is 52.1 Å². The van der Waals surface area contributed by atoms with Crippen molar-refractivity contribution in [3.63, 3.8) is 0 Å². The molecule has 0 radical (unpaired) electrons. The minimum absolute atomic E-state index is 0.0978. The van der Waals surface area contributed by atoms with Crippen LogP contribution >= 0.6 is 0 Å². The highest BCUT2D eigenvalue weighted by molar-refractivity contribution is 6.04. The molecule has 7 nitrogen and oxygen atoms in total. The largest absolute Gasteiger partial charge is 0.497 e. The number of amides is 2. The first-order chi connectivity index (χ1) is 12.8. The van der Waals surface area contributed by atoms with Gasteiger partial charge in [0.05, 0.1) is 7.11 Å². The Morgan fingerprint density at radius 1 is 1.22 bits per heavy atom. The number of aromatic nitrogens is 1. The second-order valence-electron chi connectivity index (χ2n) is 6.28. The molecule has 1 aromatic carbocycles. The summed E-state index contributed by atoms with van der Waals surface area (Å²) in [5.41, 5.74) is 2.72. The number of Topliss-reactive ketones (excluding diaryl/α,β-unsaturated/α-hetero) is 1. The van der Waals surface area contributed by atoms with Crippen LogP contribution in [0.25, 0.3) is 0 Å². The van der Waals surface area contributed by atoms with Crippen LogP contribution in [0, 0.1) is 13.8 Å². The van der Waals surface area contributed by atoms with Crippen molar-refractivity contribution in [1.82, 2.24) is 9.88 Å². The standard InChI is InChI=1S/C20H25N3O4/c1-6-23(11-17(25)22-15-8-7-9-16(10-15)27-5)20(26)19-12(2)18(14(4)24)13(3)21-19/h7-10,21H,6,11H2,1-5H3,(H,22,25). The molecule has 0 unspecified atom stereocenters. The van der Waals surface area contributed by atoms with Crippen molar-refractivity contribution in [3.05, 3.63) is 46.8 Å². The molecule has 0 atom stereocenters. The molecule has 0 aliphatic rings. The molecular weight excluding hydrogens is 346 g/mol. The number of hydrogen-bond donors (Lipinski definition) is 2. The zero-order valence-corrected chi connectivity index (χ0v) is 16.3. The van der Waals surface area contributed by atoms with Crippen molar-refractivity contribution < 1.29 is 19.1 Å². The van der Waals surface area contributed by atoms with Gasteiger partial charge in [-0.2, -0.15) is 0 Å². The smallest absolute Gasteiger partial charge is 0.271 e. The lowest BCUT2D eigenvalue weighted by Crippen LogP contribution is -2.38. The SMILES string of the molecule is CCN(CC(=O)Nc1cccc(OC)c1)C(=O)c1[nH]c(C)c(C(C)=O)c1C. The summed E-state index contributed by atoms with van der Waals surface area (Å²) in [6, 6.07) is 7.00. The lowest BCUT2D eigenvalue weighted by molar-refractivity contribution is -0.116. The van der Waals surface area contributed by atoms with Crippen molar-refractivity contribution in [1.29, 1.82) is 0 Å². The zero-order chi connectivity index (χ0) is 20.1. The number of carbonyl (C=O) groups is 3. The maximum absolute atomic E-state index is 12.9. The minimum Gasteiger partial charge on any atom is -0.497 e. The number of anilines is 1. The fourth-order valence-electron chi connectivity index (χ4n) is 3.05. The first-order valence-electron chi connectivity index (χ1n) is 8.71. The summed E-state index contributed by atoms with van der Waals surface area (Å²) in [7, 11) is 1.55. The van der Waals surface area contributed by atoms with E-state index < -0.39 is 0 Å². The van der Waals surface area contributed by atoms with E-state index in [1.807, 2.05) is 0 Å². The fraction of sp³-hybridized carbons (Fsp3) is 0.350. The van der Waals surface area contributed by atoms with E-state index in [2.05, 4.69) is 10.3 Å². The molecule has 7 heteroatoms. The van der Waals surface area contributed by atoms with Gasteiger partial charge in [-0.3, -0.25) is 14.4 Å². The van der Waals surface area contributed by atoms with E-state index in [9.17, 15) is 14.4 Å². The Bertz CT molecular complexity index is 870. The number of methoxy groups -OCH3 is 1. The van der Waals surface area contributed by atoms with Gasteiger partial charge in [0.1, 0.15) is 18.0 Å². The van der Waals surface area contributed by atoms with Crippen LogP contribution in [0.2, 0.25) is 0 Å². The molecule has 0 aliphatic heterocycles. The molecule has 2 amide bonds. The summed E-state index contributed by atoms with van der Waals surface area (Å²) in [6.07, 6.45) is 0. The fourth-order valence-corrected chi connectivity index (χ4v) is 3.05. The van der Waals surface area contributed by atoms with Gasteiger partial charge in [-0.1, -0.05) is 6.07 Å². The van der Waals surface area contributed by atoms with Gasteiger partial charge in [-0.25, -0.2) is 0 Å². The Kier molecular flexibility index (Phi) is 6.39. The molecule has 2 rings (SSSR count). The quantitative estimate of drug-likeness (QED) is 0.732. The number of hydrogen-bond acceptors (Lipinski definition) is 4. The van der Waals surface area contributed by atoms with E-state index in [1.165, 1.54) is 11.8 Å². The van der Waals surface area contributed by atoms with E-state index in [-0.39, 0.29) is 24.1 Å². The average molecular weight is 371 g/mol. The number of carbonyl (C=O) groups excluding carboxylic acids is 3. The number of likely N-dealkylation sites (N-methyl/N-ethyl adjacent to an activating group) is 1. The number of nitrogens with zero attached hydrogens (tertiary/aromatic N) is 1. The highest BCUT2D eigenvalue weighted by Gasteiger charge is 2.24. The topological polar surface area (TPSA) is 91.5 Å². The Morgan fingerprint density at radius 2 is 1.93 bits per heavy atom. The molecule has 27 heavy (non-hydrogen) atoms. The van der Waals surface area contributed by atoms with Gasteiger partial charge in [0.2, 0.25) is 5.91 Å². The van der Waals surface area contributed by atoms with Crippen molar-refractivity contribution in [2.75, 3.05) is 25.5 Å². The zero-order valence-electron chi connectivity index (χ0n) is 16.3. The van der Waals surface area contributed by atoms with Gasteiger partial charge >= 0.3 is 0 Å². The Morgan fingerprint density at radius 3 is 2.48 bits per heavy atom. The number of benzene rings is 1. The molecule has 1 heterocycles. The molecular formula is C20H25N3O4. The summed E-state index contributed by atoms with van der Waals surface area (Å²) in [5, 5.41) is 2.76. The molecule has 1 aromatic heterocycles. The van der Waals surface area contributed by atoms with Gasteiger partial charge in [-0.15, -0.1) is 0 Å². The van der Waals surface area contributed by atoms with Gasteiger partial charge in [0.25, 0.3) is 5.91 Å². The number of ketones is 1. The lowest BCUT2D eigenvalue weighted by Gasteiger charge is -2.20. The second kappa shape index (κ2) is 8.53. The number of aryl methyl sites for hydroxylation is 1. The van der Waals surface area contributed by atoms with E-state index in [0.717, 1.165) is 0 Å². The average Bonchev–Trinajstić information content (AvgIpc) is 2.93. The second-order valence-corrected chi connectivity index (χ2v) is 6.28. The van der Waals surface area contributed by atoms with Gasteiger partial charge in [0, 0.05) is 29.6 Å². The third kappa shape index (κ3) is 4.55. The maximum atomic E-state index is 12.9. The summed E-state index contributed by atoms with van der Waals surface area (Å²) < 4.78 is 5.13. The number of H-pyrrole nitrogens is 1. The summed E-state index contributed by atoms with van der Waals surface area (Å²) >= 11 is 0. The Hall–Kier alpha value is -3.09. The summed E-state index contributed by atoms with van der Waals surface area (Å²) in [6.45, 7) is 7.02. The van der Waals surface area contributed by atoms with Gasteiger partial charge in [-0.05, 0) is 45.4 Å².